The zero-order valence-electron chi connectivity index (χ0n) is 14.7. The van der Waals surface area contributed by atoms with Gasteiger partial charge < -0.3 is 24.2 Å². The number of rotatable bonds is 6. The molecule has 1 aromatic carbocycles. The standard InChI is InChI=1S/C17H28N2O4/c1-12-8-19(14(11-20)10-18(12)2)9-13-6-15(21-3)17(23-5)16(7-13)22-4/h6-7,12,14,20H,8-11H2,1-5H3/t12-,14-/m0/s1. The summed E-state index contributed by atoms with van der Waals surface area (Å²) in [4.78, 5) is 4.60. The molecule has 1 heterocycles. The van der Waals surface area contributed by atoms with Crippen molar-refractivity contribution in [2.75, 3.05) is 48.1 Å². The first-order valence-electron chi connectivity index (χ1n) is 7.88. The smallest absolute Gasteiger partial charge is 0.203 e. The Morgan fingerprint density at radius 2 is 1.70 bits per heavy atom. The molecule has 0 saturated carbocycles. The van der Waals surface area contributed by atoms with Gasteiger partial charge in [0.1, 0.15) is 0 Å². The minimum absolute atomic E-state index is 0.135. The van der Waals surface area contributed by atoms with Gasteiger partial charge in [-0.2, -0.15) is 0 Å². The van der Waals surface area contributed by atoms with E-state index in [2.05, 4.69) is 23.8 Å². The van der Waals surface area contributed by atoms with Crippen LogP contribution in [-0.2, 0) is 6.54 Å². The van der Waals surface area contributed by atoms with Crippen molar-refractivity contribution in [1.29, 1.82) is 0 Å². The average molecular weight is 324 g/mol. The first kappa shape index (κ1) is 17.8. The van der Waals surface area contributed by atoms with Crippen LogP contribution in [0.15, 0.2) is 12.1 Å². The molecule has 1 N–H and O–H groups in total. The van der Waals surface area contributed by atoms with Crippen LogP contribution < -0.4 is 14.2 Å². The molecule has 23 heavy (non-hydrogen) atoms. The molecule has 1 fully saturated rings. The molecule has 1 saturated heterocycles. The maximum Gasteiger partial charge on any atom is 0.203 e. The van der Waals surface area contributed by atoms with Crippen LogP contribution in [0.1, 0.15) is 12.5 Å². The van der Waals surface area contributed by atoms with Crippen LogP contribution in [-0.4, -0.2) is 75.1 Å². The zero-order valence-corrected chi connectivity index (χ0v) is 14.7. The lowest BCUT2D eigenvalue weighted by molar-refractivity contribution is 0.0173. The minimum Gasteiger partial charge on any atom is -0.493 e. The van der Waals surface area contributed by atoms with Crippen LogP contribution in [0.3, 0.4) is 0 Å². The predicted molar refractivity (Wildman–Crippen MR) is 89.5 cm³/mol. The van der Waals surface area contributed by atoms with Gasteiger partial charge in [0.25, 0.3) is 0 Å². The maximum atomic E-state index is 9.69. The first-order chi connectivity index (χ1) is 11.0. The Labute approximate surface area is 138 Å². The Kier molecular flexibility index (Phi) is 6.10. The summed E-state index contributed by atoms with van der Waals surface area (Å²) in [6, 6.07) is 4.53. The fourth-order valence-electron chi connectivity index (χ4n) is 3.08. The summed E-state index contributed by atoms with van der Waals surface area (Å²) in [5.74, 6) is 1.92. The third-order valence-electron chi connectivity index (χ3n) is 4.59. The second-order valence-corrected chi connectivity index (χ2v) is 6.09. The van der Waals surface area contributed by atoms with E-state index >= 15 is 0 Å². The fraction of sp³-hybridized carbons (Fsp3) is 0.647. The summed E-state index contributed by atoms with van der Waals surface area (Å²) in [5.41, 5.74) is 1.08. The van der Waals surface area contributed by atoms with Gasteiger partial charge in [0.05, 0.1) is 27.9 Å². The number of likely N-dealkylation sites (N-methyl/N-ethyl adjacent to an activating group) is 1. The van der Waals surface area contributed by atoms with Crippen LogP contribution in [0.5, 0.6) is 17.2 Å². The van der Waals surface area contributed by atoms with Gasteiger partial charge in [-0.25, -0.2) is 0 Å². The molecular formula is C17H28N2O4. The van der Waals surface area contributed by atoms with E-state index < -0.39 is 0 Å². The lowest BCUT2D eigenvalue weighted by Gasteiger charge is -2.43. The second-order valence-electron chi connectivity index (χ2n) is 6.09. The highest BCUT2D eigenvalue weighted by atomic mass is 16.5. The van der Waals surface area contributed by atoms with Gasteiger partial charge in [-0.15, -0.1) is 0 Å². The predicted octanol–water partition coefficient (Wildman–Crippen LogP) is 1.21. The van der Waals surface area contributed by atoms with E-state index in [0.29, 0.717) is 23.3 Å². The summed E-state index contributed by atoms with van der Waals surface area (Å²) in [5, 5.41) is 9.69. The number of hydrogen-bond acceptors (Lipinski definition) is 6. The molecule has 0 bridgehead atoms. The summed E-state index contributed by atoms with van der Waals surface area (Å²) in [6.07, 6.45) is 0. The number of nitrogens with zero attached hydrogens (tertiary/aromatic N) is 2. The average Bonchev–Trinajstić information content (AvgIpc) is 2.56. The van der Waals surface area contributed by atoms with E-state index in [0.717, 1.165) is 25.2 Å². The van der Waals surface area contributed by atoms with Crippen LogP contribution in [0, 0.1) is 0 Å². The number of ether oxygens (including phenoxy) is 3. The molecule has 1 aliphatic rings. The second kappa shape index (κ2) is 7.86. The fourth-order valence-corrected chi connectivity index (χ4v) is 3.08. The van der Waals surface area contributed by atoms with Gasteiger partial charge in [0.2, 0.25) is 5.75 Å². The van der Waals surface area contributed by atoms with E-state index in [4.69, 9.17) is 14.2 Å². The normalized spacial score (nSPS) is 22.9. The molecule has 1 aromatic rings. The summed E-state index contributed by atoms with van der Waals surface area (Å²) in [7, 11) is 6.94. The molecule has 1 aliphatic heterocycles. The van der Waals surface area contributed by atoms with Crippen molar-refractivity contribution < 1.29 is 19.3 Å². The highest BCUT2D eigenvalue weighted by Crippen LogP contribution is 2.38. The van der Waals surface area contributed by atoms with Crippen LogP contribution >= 0.6 is 0 Å². The molecule has 0 aromatic heterocycles. The van der Waals surface area contributed by atoms with Crippen molar-refractivity contribution >= 4 is 0 Å². The number of benzene rings is 1. The van der Waals surface area contributed by atoms with E-state index in [9.17, 15) is 5.11 Å². The van der Waals surface area contributed by atoms with Crippen molar-refractivity contribution in [3.63, 3.8) is 0 Å². The van der Waals surface area contributed by atoms with Crippen molar-refractivity contribution in [3.8, 4) is 17.2 Å². The van der Waals surface area contributed by atoms with Crippen molar-refractivity contribution in [2.24, 2.45) is 0 Å². The van der Waals surface area contributed by atoms with E-state index in [-0.39, 0.29) is 12.6 Å². The lowest BCUT2D eigenvalue weighted by atomic mass is 10.1. The third-order valence-corrected chi connectivity index (χ3v) is 4.59. The quantitative estimate of drug-likeness (QED) is 0.849. The van der Waals surface area contributed by atoms with Crippen LogP contribution in [0.2, 0.25) is 0 Å². The summed E-state index contributed by atoms with van der Waals surface area (Å²) < 4.78 is 16.2. The van der Waals surface area contributed by atoms with Gasteiger partial charge in [-0.05, 0) is 31.7 Å². The maximum absolute atomic E-state index is 9.69. The molecule has 130 valence electrons. The Balaban J connectivity index is 2.24. The Bertz CT molecular complexity index is 498. The SMILES string of the molecule is COc1cc(CN2C[C@H](C)N(C)C[C@H]2CO)cc(OC)c1OC. The topological polar surface area (TPSA) is 54.4 Å². The molecule has 0 radical (unpaired) electrons. The number of methoxy groups -OCH3 is 3. The van der Waals surface area contributed by atoms with Gasteiger partial charge in [0, 0.05) is 31.7 Å². The number of aliphatic hydroxyl groups is 1. The number of aliphatic hydroxyl groups excluding tert-OH is 1. The lowest BCUT2D eigenvalue weighted by Crippen LogP contribution is -2.56. The van der Waals surface area contributed by atoms with Gasteiger partial charge in [-0.1, -0.05) is 0 Å². The highest BCUT2D eigenvalue weighted by Gasteiger charge is 2.29. The van der Waals surface area contributed by atoms with Gasteiger partial charge in [-0.3, -0.25) is 4.90 Å². The van der Waals surface area contributed by atoms with Crippen molar-refractivity contribution in [3.05, 3.63) is 17.7 Å². The Hall–Kier alpha value is -1.50. The molecule has 0 amide bonds. The first-order valence-corrected chi connectivity index (χ1v) is 7.88. The Morgan fingerprint density at radius 3 is 2.17 bits per heavy atom. The van der Waals surface area contributed by atoms with Crippen molar-refractivity contribution in [1.82, 2.24) is 9.80 Å². The number of piperazine rings is 1. The molecular weight excluding hydrogens is 296 g/mol. The van der Waals surface area contributed by atoms with Gasteiger partial charge in [0.15, 0.2) is 11.5 Å². The zero-order chi connectivity index (χ0) is 17.0. The van der Waals surface area contributed by atoms with Crippen LogP contribution in [0.25, 0.3) is 0 Å². The summed E-state index contributed by atoms with van der Waals surface area (Å²) in [6.45, 7) is 4.87. The molecule has 0 spiro atoms. The molecule has 2 rings (SSSR count). The van der Waals surface area contributed by atoms with Crippen molar-refractivity contribution in [2.45, 2.75) is 25.6 Å². The van der Waals surface area contributed by atoms with Crippen LogP contribution in [0.4, 0.5) is 0 Å². The third kappa shape index (κ3) is 3.88. The number of hydrogen-bond donors (Lipinski definition) is 1. The minimum atomic E-state index is 0.135. The highest BCUT2D eigenvalue weighted by molar-refractivity contribution is 5.53. The Morgan fingerprint density at radius 1 is 1.09 bits per heavy atom. The van der Waals surface area contributed by atoms with E-state index in [1.54, 1.807) is 21.3 Å². The summed E-state index contributed by atoms with van der Waals surface area (Å²) >= 11 is 0. The molecule has 6 heteroatoms. The largest absolute Gasteiger partial charge is 0.493 e. The monoisotopic (exact) mass is 324 g/mol. The molecule has 0 unspecified atom stereocenters. The van der Waals surface area contributed by atoms with E-state index in [1.165, 1.54) is 0 Å². The molecule has 2 atom stereocenters. The van der Waals surface area contributed by atoms with E-state index in [1.807, 2.05) is 12.1 Å². The van der Waals surface area contributed by atoms with Gasteiger partial charge >= 0.3 is 0 Å². The molecule has 0 aliphatic carbocycles. The molecule has 6 nitrogen and oxygen atoms in total.